The molecular weight excluding hydrogens is 211 g/mol. The van der Waals surface area contributed by atoms with Gasteiger partial charge in [0, 0.05) is 16.2 Å². The van der Waals surface area contributed by atoms with Gasteiger partial charge in [-0.05, 0) is 26.3 Å². The molecule has 0 saturated heterocycles. The predicted molar refractivity (Wildman–Crippen MR) is 62.4 cm³/mol. The third-order valence-corrected chi connectivity index (χ3v) is 3.09. The first-order chi connectivity index (χ1) is 7.03. The molecule has 0 spiro atoms. The van der Waals surface area contributed by atoms with E-state index in [1.807, 2.05) is 18.2 Å². The number of rotatable bonds is 5. The normalized spacial score (nSPS) is 11.4. The van der Waals surface area contributed by atoms with Crippen molar-refractivity contribution in [3.8, 4) is 0 Å². The summed E-state index contributed by atoms with van der Waals surface area (Å²) in [5.41, 5.74) is -0.456. The van der Waals surface area contributed by atoms with E-state index in [4.69, 9.17) is 0 Å². The SMILES string of the molecule is CC(C)(F)CCSc1ccccc1C=O. The number of benzene rings is 1. The van der Waals surface area contributed by atoms with Crippen LogP contribution in [0.2, 0.25) is 0 Å². The van der Waals surface area contributed by atoms with E-state index in [1.54, 1.807) is 19.9 Å². The smallest absolute Gasteiger partial charge is 0.151 e. The zero-order valence-corrected chi connectivity index (χ0v) is 9.81. The lowest BCUT2D eigenvalue weighted by Crippen LogP contribution is -2.12. The summed E-state index contributed by atoms with van der Waals surface area (Å²) in [6, 6.07) is 7.37. The molecule has 0 bridgehead atoms. The van der Waals surface area contributed by atoms with Crippen molar-refractivity contribution in [2.75, 3.05) is 5.75 Å². The summed E-state index contributed by atoms with van der Waals surface area (Å²) < 4.78 is 13.2. The molecule has 0 radical (unpaired) electrons. The molecule has 0 aliphatic carbocycles. The Kier molecular flexibility index (Phi) is 4.33. The summed E-state index contributed by atoms with van der Waals surface area (Å²) in [5.74, 6) is 0.689. The van der Waals surface area contributed by atoms with Crippen LogP contribution < -0.4 is 0 Å². The number of hydrogen-bond donors (Lipinski definition) is 0. The first-order valence-corrected chi connectivity index (χ1v) is 5.87. The largest absolute Gasteiger partial charge is 0.298 e. The fourth-order valence-electron chi connectivity index (χ4n) is 1.11. The number of aldehydes is 1. The van der Waals surface area contributed by atoms with Gasteiger partial charge in [0.05, 0.1) is 0 Å². The Morgan fingerprint density at radius 2 is 2.07 bits per heavy atom. The monoisotopic (exact) mass is 226 g/mol. The van der Waals surface area contributed by atoms with Crippen molar-refractivity contribution in [1.82, 2.24) is 0 Å². The Balaban J connectivity index is 2.54. The van der Waals surface area contributed by atoms with Crippen LogP contribution in [0.15, 0.2) is 29.2 Å². The average molecular weight is 226 g/mol. The van der Waals surface area contributed by atoms with Crippen LogP contribution in [0.25, 0.3) is 0 Å². The molecule has 0 atom stereocenters. The number of alkyl halides is 1. The Bertz CT molecular complexity index is 331. The van der Waals surface area contributed by atoms with Crippen LogP contribution in [0.5, 0.6) is 0 Å². The zero-order chi connectivity index (χ0) is 11.3. The van der Waals surface area contributed by atoms with Crippen LogP contribution in [0.3, 0.4) is 0 Å². The number of carbonyl (C=O) groups excluding carboxylic acids is 1. The summed E-state index contributed by atoms with van der Waals surface area (Å²) in [5, 5.41) is 0. The Morgan fingerprint density at radius 3 is 2.67 bits per heavy atom. The van der Waals surface area contributed by atoms with Gasteiger partial charge in [-0.1, -0.05) is 18.2 Å². The van der Waals surface area contributed by atoms with Crippen LogP contribution in [0, 0.1) is 0 Å². The molecule has 1 nitrogen and oxygen atoms in total. The second kappa shape index (κ2) is 5.31. The van der Waals surface area contributed by atoms with Gasteiger partial charge in [0.15, 0.2) is 6.29 Å². The molecule has 0 unspecified atom stereocenters. The molecule has 82 valence electrons. The van der Waals surface area contributed by atoms with Gasteiger partial charge in [0.1, 0.15) is 5.67 Å². The molecule has 0 amide bonds. The topological polar surface area (TPSA) is 17.1 Å². The minimum Gasteiger partial charge on any atom is -0.298 e. The van der Waals surface area contributed by atoms with Gasteiger partial charge < -0.3 is 0 Å². The quantitative estimate of drug-likeness (QED) is 0.562. The number of halogens is 1. The molecule has 0 heterocycles. The maximum Gasteiger partial charge on any atom is 0.151 e. The van der Waals surface area contributed by atoms with Gasteiger partial charge in [-0.3, -0.25) is 4.79 Å². The van der Waals surface area contributed by atoms with E-state index >= 15 is 0 Å². The lowest BCUT2D eigenvalue weighted by atomic mass is 10.1. The molecule has 1 rings (SSSR count). The van der Waals surface area contributed by atoms with Gasteiger partial charge in [0.2, 0.25) is 0 Å². The van der Waals surface area contributed by atoms with Crippen molar-refractivity contribution in [2.24, 2.45) is 0 Å². The number of carbonyl (C=O) groups is 1. The highest BCUT2D eigenvalue weighted by Crippen LogP contribution is 2.25. The van der Waals surface area contributed by atoms with Gasteiger partial charge in [-0.15, -0.1) is 11.8 Å². The molecule has 0 aliphatic rings. The van der Waals surface area contributed by atoms with Crippen LogP contribution in [-0.2, 0) is 0 Å². The molecule has 0 saturated carbocycles. The minimum atomic E-state index is -1.14. The summed E-state index contributed by atoms with van der Waals surface area (Å²) in [7, 11) is 0. The second-order valence-corrected chi connectivity index (χ2v) is 5.11. The summed E-state index contributed by atoms with van der Waals surface area (Å²) >= 11 is 1.53. The molecule has 0 aliphatic heterocycles. The predicted octanol–water partition coefficient (Wildman–Crippen LogP) is 3.73. The zero-order valence-electron chi connectivity index (χ0n) is 9.00. The van der Waals surface area contributed by atoms with Crippen molar-refractivity contribution >= 4 is 18.0 Å². The van der Waals surface area contributed by atoms with Crippen LogP contribution in [-0.4, -0.2) is 17.7 Å². The molecule has 0 fully saturated rings. The molecule has 3 heteroatoms. The van der Waals surface area contributed by atoms with Crippen molar-refractivity contribution in [1.29, 1.82) is 0 Å². The fourth-order valence-corrected chi connectivity index (χ4v) is 2.38. The van der Waals surface area contributed by atoms with E-state index in [9.17, 15) is 9.18 Å². The Morgan fingerprint density at radius 1 is 1.40 bits per heavy atom. The number of thioether (sulfide) groups is 1. The van der Waals surface area contributed by atoms with E-state index in [0.29, 0.717) is 17.7 Å². The standard InChI is InChI=1S/C12H15FOS/c1-12(2,13)7-8-15-11-6-4-3-5-10(11)9-14/h3-6,9H,7-8H2,1-2H3. The van der Waals surface area contributed by atoms with E-state index in [2.05, 4.69) is 0 Å². The van der Waals surface area contributed by atoms with Crippen molar-refractivity contribution in [2.45, 2.75) is 30.8 Å². The van der Waals surface area contributed by atoms with E-state index < -0.39 is 5.67 Å². The summed E-state index contributed by atoms with van der Waals surface area (Å²) in [6.07, 6.45) is 1.33. The molecule has 0 aromatic heterocycles. The van der Waals surface area contributed by atoms with Gasteiger partial charge in [0.25, 0.3) is 0 Å². The molecule has 0 N–H and O–H groups in total. The average Bonchev–Trinajstić information content (AvgIpc) is 2.16. The third kappa shape index (κ3) is 4.47. The lowest BCUT2D eigenvalue weighted by Gasteiger charge is -2.13. The van der Waals surface area contributed by atoms with Crippen molar-refractivity contribution in [3.05, 3.63) is 29.8 Å². The first kappa shape index (κ1) is 12.2. The van der Waals surface area contributed by atoms with E-state index in [0.717, 1.165) is 11.2 Å². The number of hydrogen-bond acceptors (Lipinski definition) is 2. The van der Waals surface area contributed by atoms with Crippen molar-refractivity contribution in [3.63, 3.8) is 0 Å². The van der Waals surface area contributed by atoms with Gasteiger partial charge in [-0.25, -0.2) is 4.39 Å². The highest BCUT2D eigenvalue weighted by molar-refractivity contribution is 7.99. The molecule has 15 heavy (non-hydrogen) atoms. The first-order valence-electron chi connectivity index (χ1n) is 4.89. The van der Waals surface area contributed by atoms with Gasteiger partial charge >= 0.3 is 0 Å². The Hall–Kier alpha value is -0.830. The van der Waals surface area contributed by atoms with Crippen LogP contribution in [0.4, 0.5) is 4.39 Å². The minimum absolute atomic E-state index is 0.491. The van der Waals surface area contributed by atoms with Crippen LogP contribution in [0.1, 0.15) is 30.6 Å². The molecule has 1 aromatic carbocycles. The highest BCUT2D eigenvalue weighted by atomic mass is 32.2. The second-order valence-electron chi connectivity index (χ2n) is 3.97. The Labute approximate surface area is 94.1 Å². The van der Waals surface area contributed by atoms with Crippen molar-refractivity contribution < 1.29 is 9.18 Å². The fraction of sp³-hybridized carbons (Fsp3) is 0.417. The van der Waals surface area contributed by atoms with E-state index in [1.165, 1.54) is 11.8 Å². The van der Waals surface area contributed by atoms with Gasteiger partial charge in [-0.2, -0.15) is 0 Å². The van der Waals surface area contributed by atoms with E-state index in [-0.39, 0.29) is 0 Å². The summed E-state index contributed by atoms with van der Waals surface area (Å²) in [6.45, 7) is 3.14. The highest BCUT2D eigenvalue weighted by Gasteiger charge is 2.14. The molecule has 1 aromatic rings. The maximum atomic E-state index is 13.2. The lowest BCUT2D eigenvalue weighted by molar-refractivity contribution is 0.112. The maximum absolute atomic E-state index is 13.2. The van der Waals surface area contributed by atoms with Crippen LogP contribution >= 0.6 is 11.8 Å². The summed E-state index contributed by atoms with van der Waals surface area (Å²) in [4.78, 5) is 11.6. The molecular formula is C12H15FOS. The third-order valence-electron chi connectivity index (χ3n) is 2.00.